The van der Waals surface area contributed by atoms with E-state index in [1.54, 1.807) is 6.20 Å². The molecule has 0 radical (unpaired) electrons. The van der Waals surface area contributed by atoms with Crippen LogP contribution in [0, 0.1) is 11.3 Å². The molecule has 24 heavy (non-hydrogen) atoms. The minimum Gasteiger partial charge on any atom is -0.356 e. The number of guanidine groups is 1. The second-order valence-corrected chi connectivity index (χ2v) is 7.63. The van der Waals surface area contributed by atoms with Gasteiger partial charge in [-0.3, -0.25) is 4.99 Å². The summed E-state index contributed by atoms with van der Waals surface area (Å²) in [6.45, 7) is 7.49. The number of halogens is 2. The summed E-state index contributed by atoms with van der Waals surface area (Å²) in [5.41, 5.74) is 0.492. The summed E-state index contributed by atoms with van der Waals surface area (Å²) < 4.78 is 0. The van der Waals surface area contributed by atoms with Gasteiger partial charge in [0.2, 0.25) is 0 Å². The molecule has 2 heterocycles. The van der Waals surface area contributed by atoms with Crippen LogP contribution in [-0.2, 0) is 0 Å². The van der Waals surface area contributed by atoms with E-state index in [4.69, 9.17) is 11.6 Å². The number of rotatable bonds is 4. The fraction of sp³-hybridized carbons (Fsp3) is 0.647. The molecule has 3 rings (SSSR count). The van der Waals surface area contributed by atoms with Crippen molar-refractivity contribution in [2.75, 3.05) is 31.6 Å². The number of nitrogens with one attached hydrogen (secondary N) is 2. The molecule has 1 saturated carbocycles. The Bertz CT molecular complexity index is 592. The molecule has 0 spiro atoms. The molecule has 0 amide bonds. The van der Waals surface area contributed by atoms with Crippen LogP contribution in [0.25, 0.3) is 0 Å². The first-order valence-electron chi connectivity index (χ1n) is 8.32. The molecule has 7 heteroatoms. The van der Waals surface area contributed by atoms with Crippen LogP contribution in [0.4, 0.5) is 5.82 Å². The van der Waals surface area contributed by atoms with Crippen molar-refractivity contribution < 1.29 is 0 Å². The number of hydrogen-bond donors (Lipinski definition) is 2. The van der Waals surface area contributed by atoms with Gasteiger partial charge in [0.1, 0.15) is 5.82 Å². The third-order valence-electron chi connectivity index (χ3n) is 5.02. The molecule has 1 aromatic heterocycles. The first-order valence-corrected chi connectivity index (χ1v) is 8.70. The van der Waals surface area contributed by atoms with Crippen molar-refractivity contribution >= 4 is 47.4 Å². The molecule has 2 atom stereocenters. The van der Waals surface area contributed by atoms with Crippen molar-refractivity contribution in [2.45, 2.75) is 32.7 Å². The van der Waals surface area contributed by atoms with Gasteiger partial charge in [0, 0.05) is 38.9 Å². The molecule has 1 saturated heterocycles. The van der Waals surface area contributed by atoms with E-state index >= 15 is 0 Å². The van der Waals surface area contributed by atoms with Gasteiger partial charge in [-0.1, -0.05) is 25.4 Å². The molecule has 2 N–H and O–H groups in total. The van der Waals surface area contributed by atoms with Crippen LogP contribution in [0.2, 0.25) is 5.02 Å². The van der Waals surface area contributed by atoms with Crippen LogP contribution < -0.4 is 15.5 Å². The van der Waals surface area contributed by atoms with Gasteiger partial charge < -0.3 is 15.5 Å². The smallest absolute Gasteiger partial charge is 0.191 e. The predicted octanol–water partition coefficient (Wildman–Crippen LogP) is 3.14. The van der Waals surface area contributed by atoms with Crippen molar-refractivity contribution in [3.8, 4) is 0 Å². The van der Waals surface area contributed by atoms with E-state index in [2.05, 4.69) is 39.4 Å². The SMILES string of the molecule is CN=C(NCC1CC1(C)C)NC1CCN(c2ncccc2Cl)C1.I. The minimum atomic E-state index is 0. The summed E-state index contributed by atoms with van der Waals surface area (Å²) in [5.74, 6) is 2.53. The van der Waals surface area contributed by atoms with E-state index in [-0.39, 0.29) is 24.0 Å². The van der Waals surface area contributed by atoms with Crippen molar-refractivity contribution in [2.24, 2.45) is 16.3 Å². The minimum absolute atomic E-state index is 0. The largest absolute Gasteiger partial charge is 0.356 e. The Hall–Kier alpha value is -0.760. The summed E-state index contributed by atoms with van der Waals surface area (Å²) in [5, 5.41) is 7.69. The lowest BCUT2D eigenvalue weighted by Gasteiger charge is -2.20. The van der Waals surface area contributed by atoms with E-state index in [1.165, 1.54) is 6.42 Å². The molecule has 0 aromatic carbocycles. The Morgan fingerprint density at radius 1 is 1.50 bits per heavy atom. The van der Waals surface area contributed by atoms with E-state index in [1.807, 2.05) is 19.2 Å². The monoisotopic (exact) mass is 463 g/mol. The first kappa shape index (κ1) is 19.6. The molecular formula is C17H27ClIN5. The number of aliphatic imine (C=N–C) groups is 1. The van der Waals surface area contributed by atoms with Gasteiger partial charge in [0.05, 0.1) is 5.02 Å². The zero-order chi connectivity index (χ0) is 16.4. The molecule has 5 nitrogen and oxygen atoms in total. The quantitative estimate of drug-likeness (QED) is 0.409. The molecule has 1 aliphatic carbocycles. The van der Waals surface area contributed by atoms with Gasteiger partial charge in [-0.05, 0) is 36.3 Å². The van der Waals surface area contributed by atoms with Gasteiger partial charge >= 0.3 is 0 Å². The lowest BCUT2D eigenvalue weighted by Crippen LogP contribution is -2.45. The van der Waals surface area contributed by atoms with Crippen LogP contribution in [0.15, 0.2) is 23.3 Å². The third-order valence-corrected chi connectivity index (χ3v) is 5.32. The predicted molar refractivity (Wildman–Crippen MR) is 112 cm³/mol. The zero-order valence-electron chi connectivity index (χ0n) is 14.6. The Balaban J connectivity index is 0.00000208. The molecule has 1 aromatic rings. The Morgan fingerprint density at radius 2 is 2.25 bits per heavy atom. The number of nitrogens with zero attached hydrogens (tertiary/aromatic N) is 3. The lowest BCUT2D eigenvalue weighted by molar-refractivity contribution is 0.545. The normalized spacial score (nSPS) is 25.2. The summed E-state index contributed by atoms with van der Waals surface area (Å²) in [6, 6.07) is 4.12. The highest BCUT2D eigenvalue weighted by molar-refractivity contribution is 14.0. The van der Waals surface area contributed by atoms with Crippen LogP contribution in [-0.4, -0.2) is 43.7 Å². The summed E-state index contributed by atoms with van der Waals surface area (Å²) >= 11 is 6.24. The Morgan fingerprint density at radius 3 is 2.88 bits per heavy atom. The third kappa shape index (κ3) is 4.65. The Labute approximate surface area is 166 Å². The van der Waals surface area contributed by atoms with Gasteiger partial charge in [-0.15, -0.1) is 24.0 Å². The van der Waals surface area contributed by atoms with Crippen molar-refractivity contribution in [1.82, 2.24) is 15.6 Å². The summed E-state index contributed by atoms with van der Waals surface area (Å²) in [4.78, 5) is 11.0. The molecular weight excluding hydrogens is 437 g/mol. The van der Waals surface area contributed by atoms with E-state index in [0.717, 1.165) is 43.8 Å². The molecule has 134 valence electrons. The maximum atomic E-state index is 6.24. The number of aromatic nitrogens is 1. The second kappa shape index (κ2) is 8.08. The average Bonchev–Trinajstić information content (AvgIpc) is 2.93. The maximum absolute atomic E-state index is 6.24. The van der Waals surface area contributed by atoms with Gasteiger partial charge in [0.15, 0.2) is 5.96 Å². The van der Waals surface area contributed by atoms with Crippen LogP contribution in [0.3, 0.4) is 0 Å². The first-order chi connectivity index (χ1) is 11.0. The van der Waals surface area contributed by atoms with Crippen molar-refractivity contribution in [1.29, 1.82) is 0 Å². The molecule has 2 fully saturated rings. The second-order valence-electron chi connectivity index (χ2n) is 7.23. The lowest BCUT2D eigenvalue weighted by atomic mass is 10.1. The number of hydrogen-bond acceptors (Lipinski definition) is 3. The van der Waals surface area contributed by atoms with E-state index in [9.17, 15) is 0 Å². The summed E-state index contributed by atoms with van der Waals surface area (Å²) in [6.07, 6.45) is 4.15. The van der Waals surface area contributed by atoms with Crippen molar-refractivity contribution in [3.63, 3.8) is 0 Å². The zero-order valence-corrected chi connectivity index (χ0v) is 17.6. The van der Waals surface area contributed by atoms with Crippen LogP contribution in [0.5, 0.6) is 0 Å². The summed E-state index contributed by atoms with van der Waals surface area (Å²) in [7, 11) is 1.83. The average molecular weight is 464 g/mol. The van der Waals surface area contributed by atoms with Gasteiger partial charge in [-0.25, -0.2) is 4.98 Å². The highest BCUT2D eigenvalue weighted by Gasteiger charge is 2.45. The highest BCUT2D eigenvalue weighted by Crippen LogP contribution is 2.50. The maximum Gasteiger partial charge on any atom is 0.191 e. The van der Waals surface area contributed by atoms with Gasteiger partial charge in [0.25, 0.3) is 0 Å². The highest BCUT2D eigenvalue weighted by atomic mass is 127. The van der Waals surface area contributed by atoms with Gasteiger partial charge in [-0.2, -0.15) is 0 Å². The Kier molecular flexibility index (Phi) is 6.59. The topological polar surface area (TPSA) is 52.6 Å². The van der Waals surface area contributed by atoms with E-state index < -0.39 is 0 Å². The van der Waals surface area contributed by atoms with Crippen LogP contribution >= 0.6 is 35.6 Å². The molecule has 1 aliphatic heterocycles. The molecule has 2 unspecified atom stereocenters. The molecule has 0 bridgehead atoms. The van der Waals surface area contributed by atoms with Crippen molar-refractivity contribution in [3.05, 3.63) is 23.4 Å². The number of pyridine rings is 1. The fourth-order valence-corrected chi connectivity index (χ4v) is 3.45. The van der Waals surface area contributed by atoms with E-state index in [0.29, 0.717) is 16.5 Å². The van der Waals surface area contributed by atoms with Crippen LogP contribution in [0.1, 0.15) is 26.7 Å². The molecule has 2 aliphatic rings. The number of anilines is 1. The standard InChI is InChI=1S/C17H26ClN5.HI/c1-17(2)9-12(17)10-21-16(19-3)22-13-6-8-23(11-13)15-14(18)5-4-7-20-15;/h4-5,7,12-13H,6,8-11H2,1-3H3,(H2,19,21,22);1H. The fourth-order valence-electron chi connectivity index (χ4n) is 3.21.